The van der Waals surface area contributed by atoms with Crippen molar-refractivity contribution in [3.05, 3.63) is 71.9 Å². The standard InChI is InChI=1S/C19H21N5O/c1-3-16-18(22-12-21-16)13(2)14-7-9-15(10-8-14)23-19(25)24-17-6-4-5-11-20-17/h4-13H,3H2,1-2H3,(H,21,22)(H2,20,23,24,25)/t13-/m0/s1. The van der Waals surface area contributed by atoms with E-state index in [1.165, 1.54) is 0 Å². The van der Waals surface area contributed by atoms with Crippen LogP contribution in [0.4, 0.5) is 16.3 Å². The Morgan fingerprint density at radius 3 is 2.60 bits per heavy atom. The summed E-state index contributed by atoms with van der Waals surface area (Å²) in [5.41, 5.74) is 4.11. The van der Waals surface area contributed by atoms with E-state index in [0.29, 0.717) is 5.82 Å². The average molecular weight is 335 g/mol. The van der Waals surface area contributed by atoms with Crippen LogP contribution in [0.2, 0.25) is 0 Å². The zero-order valence-corrected chi connectivity index (χ0v) is 14.3. The smallest absolute Gasteiger partial charge is 0.324 e. The Bertz CT molecular complexity index is 827. The van der Waals surface area contributed by atoms with Crippen LogP contribution in [0.3, 0.4) is 0 Å². The number of aromatic amines is 1. The van der Waals surface area contributed by atoms with Crippen molar-refractivity contribution in [2.45, 2.75) is 26.2 Å². The molecule has 0 aliphatic rings. The molecule has 2 amide bonds. The summed E-state index contributed by atoms with van der Waals surface area (Å²) in [5, 5.41) is 5.49. The third-order valence-electron chi connectivity index (χ3n) is 4.09. The first kappa shape index (κ1) is 16.7. The number of carbonyl (C=O) groups excluding carboxylic acids is 1. The van der Waals surface area contributed by atoms with E-state index < -0.39 is 0 Å². The lowest BCUT2D eigenvalue weighted by Gasteiger charge is -2.13. The molecular weight excluding hydrogens is 314 g/mol. The molecule has 2 heterocycles. The maximum Gasteiger partial charge on any atom is 0.324 e. The largest absolute Gasteiger partial charge is 0.348 e. The number of rotatable bonds is 5. The Hall–Kier alpha value is -3.15. The third kappa shape index (κ3) is 4.03. The van der Waals surface area contributed by atoms with E-state index in [4.69, 9.17) is 0 Å². The lowest BCUT2D eigenvalue weighted by Crippen LogP contribution is -2.19. The molecule has 2 aromatic heterocycles. The Balaban J connectivity index is 1.65. The Kier molecular flexibility index (Phi) is 5.09. The Labute approximate surface area is 146 Å². The van der Waals surface area contributed by atoms with E-state index in [9.17, 15) is 4.79 Å². The van der Waals surface area contributed by atoms with Crippen LogP contribution in [0, 0.1) is 0 Å². The van der Waals surface area contributed by atoms with Crippen molar-refractivity contribution in [3.63, 3.8) is 0 Å². The predicted molar refractivity (Wildman–Crippen MR) is 98.8 cm³/mol. The van der Waals surface area contributed by atoms with Gasteiger partial charge in [0, 0.05) is 23.5 Å². The van der Waals surface area contributed by atoms with Crippen molar-refractivity contribution in [1.82, 2.24) is 15.0 Å². The first-order chi connectivity index (χ1) is 12.2. The van der Waals surface area contributed by atoms with Crippen molar-refractivity contribution >= 4 is 17.5 Å². The summed E-state index contributed by atoms with van der Waals surface area (Å²) in [4.78, 5) is 23.6. The van der Waals surface area contributed by atoms with Gasteiger partial charge in [-0.1, -0.05) is 32.0 Å². The van der Waals surface area contributed by atoms with Crippen LogP contribution in [0.25, 0.3) is 0 Å². The molecule has 3 N–H and O–H groups in total. The normalized spacial score (nSPS) is 11.8. The number of aryl methyl sites for hydroxylation is 1. The van der Waals surface area contributed by atoms with E-state index in [1.807, 2.05) is 30.3 Å². The molecule has 0 aliphatic carbocycles. The molecule has 0 saturated heterocycles. The molecule has 25 heavy (non-hydrogen) atoms. The molecule has 0 radical (unpaired) electrons. The van der Waals surface area contributed by atoms with Crippen LogP contribution < -0.4 is 10.6 Å². The minimum Gasteiger partial charge on any atom is -0.348 e. The molecule has 6 heteroatoms. The van der Waals surface area contributed by atoms with Crippen molar-refractivity contribution in [2.75, 3.05) is 10.6 Å². The molecular formula is C19H21N5O. The topological polar surface area (TPSA) is 82.7 Å². The van der Waals surface area contributed by atoms with Gasteiger partial charge in [0.1, 0.15) is 5.82 Å². The monoisotopic (exact) mass is 335 g/mol. The van der Waals surface area contributed by atoms with Crippen LogP contribution in [0.5, 0.6) is 0 Å². The second-order valence-electron chi connectivity index (χ2n) is 5.75. The number of H-pyrrole nitrogens is 1. The zero-order chi connectivity index (χ0) is 17.6. The SMILES string of the molecule is CCc1nc[nH]c1[C@@H](C)c1ccc(NC(=O)Nc2ccccn2)cc1. The number of hydrogen-bond donors (Lipinski definition) is 3. The van der Waals surface area contributed by atoms with Crippen LogP contribution >= 0.6 is 0 Å². The van der Waals surface area contributed by atoms with E-state index in [0.717, 1.165) is 29.1 Å². The number of hydrogen-bond acceptors (Lipinski definition) is 3. The number of carbonyl (C=O) groups is 1. The van der Waals surface area contributed by atoms with E-state index in [1.54, 1.807) is 24.7 Å². The number of nitrogens with one attached hydrogen (secondary N) is 3. The number of benzene rings is 1. The van der Waals surface area contributed by atoms with Gasteiger partial charge in [0.15, 0.2) is 0 Å². The van der Waals surface area contributed by atoms with Crippen molar-refractivity contribution in [3.8, 4) is 0 Å². The quantitative estimate of drug-likeness (QED) is 0.654. The van der Waals surface area contributed by atoms with Gasteiger partial charge >= 0.3 is 6.03 Å². The van der Waals surface area contributed by atoms with Gasteiger partial charge in [-0.05, 0) is 36.2 Å². The Morgan fingerprint density at radius 2 is 1.92 bits per heavy atom. The van der Waals surface area contributed by atoms with Crippen molar-refractivity contribution < 1.29 is 4.79 Å². The molecule has 1 aromatic carbocycles. The summed E-state index contributed by atoms with van der Waals surface area (Å²) in [6.07, 6.45) is 4.27. The molecule has 0 fully saturated rings. The molecule has 128 valence electrons. The summed E-state index contributed by atoms with van der Waals surface area (Å²) in [5.74, 6) is 0.727. The van der Waals surface area contributed by atoms with Crippen LogP contribution in [0.1, 0.15) is 36.7 Å². The molecule has 0 unspecified atom stereocenters. The van der Waals surface area contributed by atoms with Gasteiger partial charge in [-0.3, -0.25) is 5.32 Å². The number of amides is 2. The van der Waals surface area contributed by atoms with Gasteiger partial charge < -0.3 is 10.3 Å². The maximum atomic E-state index is 12.0. The lowest BCUT2D eigenvalue weighted by atomic mass is 9.95. The molecule has 3 rings (SSSR count). The average Bonchev–Trinajstić information content (AvgIpc) is 3.11. The highest BCUT2D eigenvalue weighted by atomic mass is 16.2. The number of nitrogens with zero attached hydrogens (tertiary/aromatic N) is 2. The van der Waals surface area contributed by atoms with Crippen LogP contribution in [0.15, 0.2) is 55.0 Å². The molecule has 3 aromatic rings. The molecule has 1 atom stereocenters. The minimum absolute atomic E-state index is 0.217. The first-order valence-electron chi connectivity index (χ1n) is 8.28. The fourth-order valence-corrected chi connectivity index (χ4v) is 2.73. The Morgan fingerprint density at radius 1 is 1.12 bits per heavy atom. The predicted octanol–water partition coefficient (Wildman–Crippen LogP) is 4.16. The van der Waals surface area contributed by atoms with Gasteiger partial charge in [-0.2, -0.15) is 0 Å². The lowest BCUT2D eigenvalue weighted by molar-refractivity contribution is 0.262. The molecule has 0 bridgehead atoms. The fourth-order valence-electron chi connectivity index (χ4n) is 2.73. The molecule has 0 aliphatic heterocycles. The van der Waals surface area contributed by atoms with E-state index in [2.05, 4.69) is 39.4 Å². The second-order valence-corrected chi connectivity index (χ2v) is 5.75. The zero-order valence-electron chi connectivity index (χ0n) is 14.3. The fraction of sp³-hybridized carbons (Fsp3) is 0.211. The van der Waals surface area contributed by atoms with Crippen molar-refractivity contribution in [2.24, 2.45) is 0 Å². The number of anilines is 2. The van der Waals surface area contributed by atoms with Gasteiger partial charge in [0.25, 0.3) is 0 Å². The number of pyridine rings is 1. The highest BCUT2D eigenvalue weighted by Gasteiger charge is 2.14. The summed E-state index contributed by atoms with van der Waals surface area (Å²) in [7, 11) is 0. The summed E-state index contributed by atoms with van der Waals surface area (Å²) < 4.78 is 0. The summed E-state index contributed by atoms with van der Waals surface area (Å²) in [6.45, 7) is 4.24. The summed E-state index contributed by atoms with van der Waals surface area (Å²) >= 11 is 0. The second kappa shape index (κ2) is 7.61. The molecule has 0 saturated carbocycles. The third-order valence-corrected chi connectivity index (χ3v) is 4.09. The number of aromatic nitrogens is 3. The number of urea groups is 1. The highest BCUT2D eigenvalue weighted by Crippen LogP contribution is 2.26. The first-order valence-corrected chi connectivity index (χ1v) is 8.28. The van der Waals surface area contributed by atoms with Crippen LogP contribution in [-0.2, 0) is 6.42 Å². The summed E-state index contributed by atoms with van der Waals surface area (Å²) in [6, 6.07) is 12.9. The van der Waals surface area contributed by atoms with Gasteiger partial charge in [0.05, 0.1) is 12.0 Å². The maximum absolute atomic E-state index is 12.0. The van der Waals surface area contributed by atoms with E-state index in [-0.39, 0.29) is 11.9 Å². The molecule has 6 nitrogen and oxygen atoms in total. The molecule has 0 spiro atoms. The van der Waals surface area contributed by atoms with Crippen molar-refractivity contribution in [1.29, 1.82) is 0 Å². The minimum atomic E-state index is -0.318. The van der Waals surface area contributed by atoms with Gasteiger partial charge in [-0.25, -0.2) is 14.8 Å². The van der Waals surface area contributed by atoms with Gasteiger partial charge in [0.2, 0.25) is 0 Å². The van der Waals surface area contributed by atoms with Crippen LogP contribution in [-0.4, -0.2) is 21.0 Å². The number of imidazole rings is 1. The highest BCUT2D eigenvalue weighted by molar-refractivity contribution is 5.99. The van der Waals surface area contributed by atoms with E-state index >= 15 is 0 Å². The van der Waals surface area contributed by atoms with Gasteiger partial charge in [-0.15, -0.1) is 0 Å².